The number of phenolic OH excluding ortho intramolecular Hbond substituents is 1. The van der Waals surface area contributed by atoms with Gasteiger partial charge in [0.15, 0.2) is 0 Å². The molecule has 27 heavy (non-hydrogen) atoms. The van der Waals surface area contributed by atoms with Crippen LogP contribution in [0.2, 0.25) is 0 Å². The predicted octanol–water partition coefficient (Wildman–Crippen LogP) is 4.66. The van der Waals surface area contributed by atoms with Crippen LogP contribution >= 0.6 is 0 Å². The fourth-order valence-corrected chi connectivity index (χ4v) is 4.64. The minimum absolute atomic E-state index is 0.0459. The average Bonchev–Trinajstić information content (AvgIpc) is 2.72. The molecule has 0 amide bonds. The van der Waals surface area contributed by atoms with Crippen molar-refractivity contribution in [3.05, 3.63) is 65.7 Å². The molecule has 146 valence electrons. The molecule has 1 fully saturated rings. The molecule has 0 unspecified atom stereocenters. The molecular weight excluding hydrogens is 332 g/mol. The summed E-state index contributed by atoms with van der Waals surface area (Å²) in [6, 6.07) is 19.3. The summed E-state index contributed by atoms with van der Waals surface area (Å²) in [6.45, 7) is 4.35. The van der Waals surface area contributed by atoms with Gasteiger partial charge in [0.2, 0.25) is 0 Å². The Kier molecular flexibility index (Phi) is 6.56. The highest BCUT2D eigenvalue weighted by Gasteiger charge is 2.40. The third kappa shape index (κ3) is 4.53. The van der Waals surface area contributed by atoms with Crippen molar-refractivity contribution in [2.75, 3.05) is 27.2 Å². The molecule has 3 nitrogen and oxygen atoms in total. The Labute approximate surface area is 164 Å². The Balaban J connectivity index is 1.65. The molecule has 2 aromatic rings. The largest absolute Gasteiger partial charge is 0.508 e. The summed E-state index contributed by atoms with van der Waals surface area (Å²) >= 11 is 0. The van der Waals surface area contributed by atoms with Gasteiger partial charge in [-0.2, -0.15) is 0 Å². The van der Waals surface area contributed by atoms with Crippen LogP contribution < -0.4 is 0 Å². The van der Waals surface area contributed by atoms with E-state index in [2.05, 4.69) is 67.2 Å². The van der Waals surface area contributed by atoms with E-state index in [1.54, 1.807) is 6.07 Å². The number of hydrogen-bond acceptors (Lipinski definition) is 3. The Morgan fingerprint density at radius 1 is 1.00 bits per heavy atom. The predicted molar refractivity (Wildman–Crippen MR) is 113 cm³/mol. The first-order chi connectivity index (χ1) is 13.0. The lowest BCUT2D eigenvalue weighted by atomic mass is 9.73. The zero-order valence-electron chi connectivity index (χ0n) is 17.1. The second-order valence-corrected chi connectivity index (χ2v) is 8.04. The highest BCUT2D eigenvalue weighted by atomic mass is 16.3. The number of likely N-dealkylation sites (N-methyl/N-ethyl adjacent to an activating group) is 1. The van der Waals surface area contributed by atoms with Crippen molar-refractivity contribution in [2.45, 2.75) is 50.6 Å². The molecular formula is C24H34N2O. The molecule has 1 aliphatic rings. The Bertz CT molecular complexity index is 707. The van der Waals surface area contributed by atoms with Crippen molar-refractivity contribution in [3.63, 3.8) is 0 Å². The summed E-state index contributed by atoms with van der Waals surface area (Å²) in [7, 11) is 4.50. The third-order valence-corrected chi connectivity index (χ3v) is 6.59. The van der Waals surface area contributed by atoms with Crippen molar-refractivity contribution < 1.29 is 5.11 Å². The summed E-state index contributed by atoms with van der Waals surface area (Å²) in [5.74, 6) is 0.374. The lowest BCUT2D eigenvalue weighted by Crippen LogP contribution is -2.49. The number of aromatic hydroxyl groups is 1. The highest BCUT2D eigenvalue weighted by Crippen LogP contribution is 2.43. The summed E-state index contributed by atoms with van der Waals surface area (Å²) in [6.07, 6.45) is 5.79. The van der Waals surface area contributed by atoms with Crippen LogP contribution in [0.4, 0.5) is 0 Å². The molecule has 1 aliphatic carbocycles. The minimum atomic E-state index is 0.0459. The molecule has 0 bridgehead atoms. The van der Waals surface area contributed by atoms with E-state index in [9.17, 15) is 5.11 Å². The molecule has 1 saturated carbocycles. The molecule has 0 aliphatic heterocycles. The topological polar surface area (TPSA) is 26.7 Å². The molecule has 0 atom stereocenters. The van der Waals surface area contributed by atoms with Crippen LogP contribution in [0.5, 0.6) is 5.75 Å². The van der Waals surface area contributed by atoms with Gasteiger partial charge in [-0.05, 0) is 76.0 Å². The lowest BCUT2D eigenvalue weighted by Gasteiger charge is -2.48. The van der Waals surface area contributed by atoms with Crippen molar-refractivity contribution in [1.82, 2.24) is 9.80 Å². The van der Waals surface area contributed by atoms with E-state index in [0.717, 1.165) is 32.4 Å². The van der Waals surface area contributed by atoms with E-state index in [1.165, 1.54) is 24.0 Å². The first-order valence-corrected chi connectivity index (χ1v) is 10.3. The zero-order valence-corrected chi connectivity index (χ0v) is 17.1. The minimum Gasteiger partial charge on any atom is -0.508 e. The van der Waals surface area contributed by atoms with Gasteiger partial charge < -0.3 is 10.0 Å². The molecule has 1 N–H and O–H groups in total. The molecule has 3 heteroatoms. The summed E-state index contributed by atoms with van der Waals surface area (Å²) in [4.78, 5) is 5.02. The average molecular weight is 367 g/mol. The van der Waals surface area contributed by atoms with Crippen molar-refractivity contribution >= 4 is 0 Å². The van der Waals surface area contributed by atoms with Gasteiger partial charge in [-0.3, -0.25) is 4.90 Å². The lowest BCUT2D eigenvalue weighted by molar-refractivity contribution is 0.0434. The Hall–Kier alpha value is -1.84. The molecule has 0 radical (unpaired) electrons. The van der Waals surface area contributed by atoms with E-state index in [4.69, 9.17) is 0 Å². The van der Waals surface area contributed by atoms with Gasteiger partial charge in [-0.15, -0.1) is 0 Å². The van der Waals surface area contributed by atoms with Gasteiger partial charge in [-0.25, -0.2) is 0 Å². The molecule has 3 rings (SSSR count). The molecule has 0 heterocycles. The van der Waals surface area contributed by atoms with Crippen LogP contribution in [0.3, 0.4) is 0 Å². The van der Waals surface area contributed by atoms with Crippen molar-refractivity contribution in [1.29, 1.82) is 0 Å². The van der Waals surface area contributed by atoms with Gasteiger partial charge in [0, 0.05) is 18.1 Å². The van der Waals surface area contributed by atoms with E-state index in [0.29, 0.717) is 11.8 Å². The number of hydrogen-bond donors (Lipinski definition) is 1. The first-order valence-electron chi connectivity index (χ1n) is 10.3. The molecule has 0 spiro atoms. The van der Waals surface area contributed by atoms with Gasteiger partial charge >= 0.3 is 0 Å². The van der Waals surface area contributed by atoms with Crippen molar-refractivity contribution in [2.24, 2.45) is 0 Å². The van der Waals surface area contributed by atoms with Crippen LogP contribution in [0.15, 0.2) is 54.6 Å². The van der Waals surface area contributed by atoms with Crippen LogP contribution in [0.25, 0.3) is 0 Å². The standard InChI is InChI=1S/C24H34N2O/c1-4-26(3)24(21-11-8-12-23(27)19-21)16-13-22(14-17-24)25(2)18-15-20-9-6-5-7-10-20/h5-12,19,22,27H,4,13-18H2,1-3H3. The second-order valence-electron chi connectivity index (χ2n) is 8.04. The highest BCUT2D eigenvalue weighted by molar-refractivity contribution is 5.33. The van der Waals surface area contributed by atoms with E-state index in [-0.39, 0.29) is 5.54 Å². The number of benzene rings is 2. The normalized spacial score (nSPS) is 23.1. The monoisotopic (exact) mass is 366 g/mol. The maximum atomic E-state index is 10.0. The van der Waals surface area contributed by atoms with Crippen LogP contribution in [0.1, 0.15) is 43.7 Å². The SMILES string of the molecule is CCN(C)C1(c2cccc(O)c2)CCC(N(C)CCc2ccccc2)CC1. The maximum Gasteiger partial charge on any atom is 0.115 e. The second kappa shape index (κ2) is 8.90. The molecule has 0 aromatic heterocycles. The summed E-state index contributed by atoms with van der Waals surface area (Å²) < 4.78 is 0. The first kappa shape index (κ1) is 19.9. The summed E-state index contributed by atoms with van der Waals surface area (Å²) in [5.41, 5.74) is 2.72. The molecule has 0 saturated heterocycles. The van der Waals surface area contributed by atoms with Gasteiger partial charge in [-0.1, -0.05) is 49.4 Å². The van der Waals surface area contributed by atoms with E-state index < -0.39 is 0 Å². The number of rotatable bonds is 7. The van der Waals surface area contributed by atoms with E-state index >= 15 is 0 Å². The van der Waals surface area contributed by atoms with Gasteiger partial charge in [0.05, 0.1) is 0 Å². The smallest absolute Gasteiger partial charge is 0.115 e. The quantitative estimate of drug-likeness (QED) is 0.772. The molecule has 2 aromatic carbocycles. The van der Waals surface area contributed by atoms with Crippen LogP contribution in [-0.2, 0) is 12.0 Å². The fraction of sp³-hybridized carbons (Fsp3) is 0.500. The zero-order chi connectivity index (χ0) is 19.3. The van der Waals surface area contributed by atoms with Crippen molar-refractivity contribution in [3.8, 4) is 5.75 Å². The third-order valence-electron chi connectivity index (χ3n) is 6.59. The summed E-state index contributed by atoms with van der Waals surface area (Å²) in [5, 5.41) is 10.0. The maximum absolute atomic E-state index is 10.0. The number of phenols is 1. The van der Waals surface area contributed by atoms with Gasteiger partial charge in [0.1, 0.15) is 5.75 Å². The Morgan fingerprint density at radius 3 is 2.33 bits per heavy atom. The van der Waals surface area contributed by atoms with Crippen LogP contribution in [0, 0.1) is 0 Å². The van der Waals surface area contributed by atoms with Gasteiger partial charge in [0.25, 0.3) is 0 Å². The van der Waals surface area contributed by atoms with E-state index in [1.807, 2.05) is 12.1 Å². The fourth-order valence-electron chi connectivity index (χ4n) is 4.64. The number of nitrogens with zero attached hydrogens (tertiary/aromatic N) is 2. The Morgan fingerprint density at radius 2 is 1.70 bits per heavy atom. The van der Waals surface area contributed by atoms with Crippen LogP contribution in [-0.4, -0.2) is 48.1 Å².